The molecule has 0 aliphatic carbocycles. The van der Waals surface area contributed by atoms with Crippen molar-refractivity contribution in [1.82, 2.24) is 0 Å². The molecular weight excluding hydrogens is 350 g/mol. The number of carbonyl (C=O) groups excluding carboxylic acids is 2. The van der Waals surface area contributed by atoms with Crippen LogP contribution in [0.3, 0.4) is 0 Å². The number of hydrogen-bond acceptors (Lipinski definition) is 3. The maximum atomic E-state index is 12.8. The molecule has 0 aromatic heterocycles. The summed E-state index contributed by atoms with van der Waals surface area (Å²) in [7, 11) is 0. The van der Waals surface area contributed by atoms with E-state index in [2.05, 4.69) is 5.32 Å². The molecule has 0 radical (unpaired) electrons. The first kappa shape index (κ1) is 19.2. The maximum Gasteiger partial charge on any atom is 0.258 e. The highest BCUT2D eigenvalue weighted by Crippen LogP contribution is 2.18. The van der Waals surface area contributed by atoms with Gasteiger partial charge in [0.05, 0.1) is 6.42 Å². The van der Waals surface area contributed by atoms with Crippen LogP contribution in [0.25, 0.3) is 0 Å². The van der Waals surface area contributed by atoms with Gasteiger partial charge in [0.2, 0.25) is 5.91 Å². The third-order valence-corrected chi connectivity index (χ3v) is 4.39. The van der Waals surface area contributed by atoms with Crippen LogP contribution in [0.1, 0.15) is 22.8 Å². The largest absolute Gasteiger partial charge is 0.399 e. The number of amides is 2. The van der Waals surface area contributed by atoms with Gasteiger partial charge in [0.15, 0.2) is 0 Å². The number of para-hydroxylation sites is 1. The Kier molecular flexibility index (Phi) is 6.07. The van der Waals surface area contributed by atoms with Gasteiger partial charge in [0.25, 0.3) is 5.91 Å². The number of rotatable bonds is 6. The van der Waals surface area contributed by atoms with Crippen LogP contribution < -0.4 is 16.0 Å². The molecule has 3 aromatic rings. The van der Waals surface area contributed by atoms with Crippen molar-refractivity contribution in [2.24, 2.45) is 0 Å². The minimum Gasteiger partial charge on any atom is -0.399 e. The second-order valence-corrected chi connectivity index (χ2v) is 6.43. The molecule has 0 fully saturated rings. The third kappa shape index (κ3) is 4.76. The molecular formula is C23H23N3O2. The van der Waals surface area contributed by atoms with E-state index in [0.29, 0.717) is 23.5 Å². The SMILES string of the molecule is CCN(C(=O)c1ccc(NC(=O)Cc2ccc(N)cc2)cc1)c1ccccc1. The molecule has 142 valence electrons. The molecule has 0 heterocycles. The fourth-order valence-electron chi connectivity index (χ4n) is 2.93. The number of nitrogen functional groups attached to an aromatic ring is 1. The summed E-state index contributed by atoms with van der Waals surface area (Å²) in [5, 5.41) is 2.85. The van der Waals surface area contributed by atoms with Gasteiger partial charge in [-0.3, -0.25) is 9.59 Å². The van der Waals surface area contributed by atoms with E-state index in [9.17, 15) is 9.59 Å². The van der Waals surface area contributed by atoms with Gasteiger partial charge >= 0.3 is 0 Å². The molecule has 0 saturated heterocycles. The Morgan fingerprint density at radius 1 is 0.893 bits per heavy atom. The van der Waals surface area contributed by atoms with Crippen LogP contribution in [0.2, 0.25) is 0 Å². The minimum absolute atomic E-state index is 0.0755. The van der Waals surface area contributed by atoms with Crippen LogP contribution >= 0.6 is 0 Å². The maximum absolute atomic E-state index is 12.8. The summed E-state index contributed by atoms with van der Waals surface area (Å²) in [4.78, 5) is 26.7. The number of nitrogens with two attached hydrogens (primary N) is 1. The Hall–Kier alpha value is -3.60. The Bertz CT molecular complexity index is 936. The summed E-state index contributed by atoms with van der Waals surface area (Å²) in [6.45, 7) is 2.51. The summed E-state index contributed by atoms with van der Waals surface area (Å²) in [5.74, 6) is -0.197. The van der Waals surface area contributed by atoms with E-state index >= 15 is 0 Å². The molecule has 0 atom stereocenters. The fraction of sp³-hybridized carbons (Fsp3) is 0.130. The number of nitrogens with one attached hydrogen (secondary N) is 1. The highest BCUT2D eigenvalue weighted by molar-refractivity contribution is 6.06. The molecule has 0 bridgehead atoms. The number of benzene rings is 3. The van der Waals surface area contributed by atoms with Crippen molar-refractivity contribution in [3.63, 3.8) is 0 Å². The highest BCUT2D eigenvalue weighted by atomic mass is 16.2. The van der Waals surface area contributed by atoms with Gasteiger partial charge in [-0.25, -0.2) is 0 Å². The molecule has 0 aliphatic rings. The first-order valence-electron chi connectivity index (χ1n) is 9.18. The van der Waals surface area contributed by atoms with Gasteiger partial charge < -0.3 is 16.0 Å². The Labute approximate surface area is 164 Å². The zero-order valence-electron chi connectivity index (χ0n) is 15.8. The lowest BCUT2D eigenvalue weighted by atomic mass is 10.1. The number of hydrogen-bond donors (Lipinski definition) is 2. The first-order valence-corrected chi connectivity index (χ1v) is 9.18. The monoisotopic (exact) mass is 373 g/mol. The molecule has 0 aliphatic heterocycles. The van der Waals surface area contributed by atoms with E-state index < -0.39 is 0 Å². The average molecular weight is 373 g/mol. The topological polar surface area (TPSA) is 75.4 Å². The predicted octanol–water partition coefficient (Wildman–Crippen LogP) is 4.12. The smallest absolute Gasteiger partial charge is 0.258 e. The van der Waals surface area contributed by atoms with Crippen molar-refractivity contribution in [3.8, 4) is 0 Å². The van der Waals surface area contributed by atoms with Gasteiger partial charge in [-0.2, -0.15) is 0 Å². The molecule has 5 nitrogen and oxygen atoms in total. The van der Waals surface area contributed by atoms with Crippen molar-refractivity contribution in [2.45, 2.75) is 13.3 Å². The summed E-state index contributed by atoms with van der Waals surface area (Å²) >= 11 is 0. The number of carbonyl (C=O) groups is 2. The van der Waals surface area contributed by atoms with Crippen LogP contribution in [-0.4, -0.2) is 18.4 Å². The zero-order valence-corrected chi connectivity index (χ0v) is 15.8. The van der Waals surface area contributed by atoms with Gasteiger partial charge in [0.1, 0.15) is 0 Å². The van der Waals surface area contributed by atoms with E-state index in [1.807, 2.05) is 49.4 Å². The van der Waals surface area contributed by atoms with Crippen molar-refractivity contribution in [2.75, 3.05) is 22.5 Å². The molecule has 2 amide bonds. The first-order chi connectivity index (χ1) is 13.6. The molecule has 3 rings (SSSR count). The van der Waals surface area contributed by atoms with Gasteiger partial charge in [-0.05, 0) is 61.0 Å². The predicted molar refractivity (Wildman–Crippen MR) is 113 cm³/mol. The number of nitrogens with zero attached hydrogens (tertiary/aromatic N) is 1. The lowest BCUT2D eigenvalue weighted by Gasteiger charge is -2.21. The van der Waals surface area contributed by atoms with E-state index in [1.165, 1.54) is 0 Å². The summed E-state index contributed by atoms with van der Waals surface area (Å²) < 4.78 is 0. The Morgan fingerprint density at radius 2 is 1.54 bits per heavy atom. The van der Waals surface area contributed by atoms with Gasteiger partial charge in [-0.1, -0.05) is 30.3 Å². The van der Waals surface area contributed by atoms with Gasteiger partial charge in [0, 0.05) is 29.2 Å². The quantitative estimate of drug-likeness (QED) is 0.638. The highest BCUT2D eigenvalue weighted by Gasteiger charge is 2.16. The van der Waals surface area contributed by atoms with E-state index in [0.717, 1.165) is 11.3 Å². The van der Waals surface area contributed by atoms with Crippen molar-refractivity contribution >= 4 is 28.9 Å². The third-order valence-electron chi connectivity index (χ3n) is 4.39. The number of anilines is 3. The van der Waals surface area contributed by atoms with Crippen LogP contribution in [0.5, 0.6) is 0 Å². The van der Waals surface area contributed by atoms with Crippen molar-refractivity contribution in [3.05, 3.63) is 90.0 Å². The second kappa shape index (κ2) is 8.86. The minimum atomic E-state index is -0.122. The van der Waals surface area contributed by atoms with E-state index in [-0.39, 0.29) is 18.2 Å². The summed E-state index contributed by atoms with van der Waals surface area (Å²) in [5.41, 5.74) is 9.29. The second-order valence-electron chi connectivity index (χ2n) is 6.43. The van der Waals surface area contributed by atoms with E-state index in [4.69, 9.17) is 5.73 Å². The average Bonchev–Trinajstić information content (AvgIpc) is 2.71. The van der Waals surface area contributed by atoms with Crippen LogP contribution in [0.15, 0.2) is 78.9 Å². The van der Waals surface area contributed by atoms with Crippen LogP contribution in [0.4, 0.5) is 17.1 Å². The molecule has 3 aromatic carbocycles. The van der Waals surface area contributed by atoms with Crippen molar-refractivity contribution < 1.29 is 9.59 Å². The Balaban J connectivity index is 1.64. The normalized spacial score (nSPS) is 10.3. The zero-order chi connectivity index (χ0) is 19.9. The van der Waals surface area contributed by atoms with Crippen LogP contribution in [0, 0.1) is 0 Å². The van der Waals surface area contributed by atoms with Crippen LogP contribution in [-0.2, 0) is 11.2 Å². The lowest BCUT2D eigenvalue weighted by molar-refractivity contribution is -0.115. The molecule has 28 heavy (non-hydrogen) atoms. The summed E-state index contributed by atoms with van der Waals surface area (Å²) in [6, 6.07) is 23.7. The van der Waals surface area contributed by atoms with Crippen molar-refractivity contribution in [1.29, 1.82) is 0 Å². The Morgan fingerprint density at radius 3 is 2.14 bits per heavy atom. The summed E-state index contributed by atoms with van der Waals surface area (Å²) in [6.07, 6.45) is 0.262. The fourth-order valence-corrected chi connectivity index (χ4v) is 2.93. The van der Waals surface area contributed by atoms with Gasteiger partial charge in [-0.15, -0.1) is 0 Å². The lowest BCUT2D eigenvalue weighted by Crippen LogP contribution is -2.30. The molecule has 0 spiro atoms. The molecule has 5 heteroatoms. The molecule has 0 unspecified atom stereocenters. The molecule has 0 saturated carbocycles. The molecule has 3 N–H and O–H groups in total. The standard InChI is InChI=1S/C23H23N3O2/c1-2-26(21-6-4-3-5-7-21)23(28)18-10-14-20(15-11-18)25-22(27)16-17-8-12-19(24)13-9-17/h3-15H,2,16,24H2,1H3,(H,25,27). The van der Waals surface area contributed by atoms with E-state index in [1.54, 1.807) is 41.3 Å².